The van der Waals surface area contributed by atoms with Gasteiger partial charge in [0, 0.05) is 49.6 Å². The molecule has 0 radical (unpaired) electrons. The molecule has 1 N–H and O–H groups in total. The molecule has 36 heavy (non-hydrogen) atoms. The Morgan fingerprint density at radius 2 is 1.94 bits per heavy atom. The number of halogens is 1. The first kappa shape index (κ1) is 26.4. The van der Waals surface area contributed by atoms with E-state index in [1.54, 1.807) is 16.9 Å². The van der Waals surface area contributed by atoms with E-state index >= 15 is 0 Å². The molecular weight excluding hydrogens is 455 g/mol. The molecule has 4 rings (SSSR count). The number of nitrogens with one attached hydrogen (secondary N) is 1. The van der Waals surface area contributed by atoms with Crippen molar-refractivity contribution in [1.29, 1.82) is 0 Å². The molecular formula is C29H41FN4O2. The van der Waals surface area contributed by atoms with Crippen LogP contribution in [0, 0.1) is 30.5 Å². The average Bonchev–Trinajstić information content (AvgIpc) is 3.54. The fraction of sp³-hybridized carbons (Fsp3) is 0.621. The van der Waals surface area contributed by atoms with Crippen molar-refractivity contribution in [2.45, 2.75) is 91.1 Å². The Labute approximate surface area is 214 Å². The highest BCUT2D eigenvalue weighted by Crippen LogP contribution is 2.34. The zero-order valence-corrected chi connectivity index (χ0v) is 22.0. The molecule has 1 saturated heterocycles. The molecule has 6 nitrogen and oxygen atoms in total. The molecule has 1 aromatic carbocycles. The van der Waals surface area contributed by atoms with Gasteiger partial charge >= 0.3 is 0 Å². The lowest BCUT2D eigenvalue weighted by molar-refractivity contribution is -0.137. The van der Waals surface area contributed by atoms with Gasteiger partial charge in [-0.2, -0.15) is 5.10 Å². The number of hydrogen-bond donors (Lipinski definition) is 1. The number of aryl methyl sites for hydroxylation is 1. The predicted molar refractivity (Wildman–Crippen MR) is 140 cm³/mol. The number of amides is 2. The highest BCUT2D eigenvalue weighted by molar-refractivity contribution is 5.91. The summed E-state index contributed by atoms with van der Waals surface area (Å²) in [7, 11) is 0. The van der Waals surface area contributed by atoms with Crippen molar-refractivity contribution in [3.8, 4) is 0 Å². The van der Waals surface area contributed by atoms with Crippen LogP contribution in [-0.2, 0) is 22.6 Å². The van der Waals surface area contributed by atoms with Crippen LogP contribution in [-0.4, -0.2) is 39.1 Å². The summed E-state index contributed by atoms with van der Waals surface area (Å²) in [5.74, 6) is 0.967. The van der Waals surface area contributed by atoms with Gasteiger partial charge in [0.05, 0.1) is 0 Å². The van der Waals surface area contributed by atoms with Crippen molar-refractivity contribution in [1.82, 2.24) is 14.7 Å². The van der Waals surface area contributed by atoms with Gasteiger partial charge < -0.3 is 10.2 Å². The Morgan fingerprint density at radius 3 is 2.67 bits per heavy atom. The number of benzene rings is 1. The first-order valence-electron chi connectivity index (χ1n) is 13.7. The minimum atomic E-state index is -0.326. The maximum atomic E-state index is 14.6. The molecule has 1 aliphatic heterocycles. The van der Waals surface area contributed by atoms with Gasteiger partial charge in [0.15, 0.2) is 0 Å². The SMILES string of the molecule is Cc1c(CC(C)C2CCC(C)N(C(=O)C3CCCC3)CC2)cc(F)cc1NC(=O)CCn1cccn1. The zero-order valence-electron chi connectivity index (χ0n) is 22.0. The minimum absolute atomic E-state index is 0.150. The van der Waals surface area contributed by atoms with Crippen LogP contribution in [0.25, 0.3) is 0 Å². The van der Waals surface area contributed by atoms with Crippen molar-refractivity contribution in [3.63, 3.8) is 0 Å². The van der Waals surface area contributed by atoms with E-state index in [2.05, 4.69) is 29.2 Å². The third kappa shape index (κ3) is 6.54. The summed E-state index contributed by atoms with van der Waals surface area (Å²) in [6.45, 7) is 7.71. The molecule has 2 heterocycles. The van der Waals surface area contributed by atoms with E-state index in [-0.39, 0.29) is 30.1 Å². The highest BCUT2D eigenvalue weighted by atomic mass is 19.1. The second-order valence-corrected chi connectivity index (χ2v) is 11.0. The minimum Gasteiger partial charge on any atom is -0.340 e. The summed E-state index contributed by atoms with van der Waals surface area (Å²) in [6.07, 6.45) is 12.1. The fourth-order valence-electron chi connectivity index (χ4n) is 6.04. The maximum absolute atomic E-state index is 14.6. The third-order valence-electron chi connectivity index (χ3n) is 8.44. The molecule has 1 aromatic heterocycles. The first-order chi connectivity index (χ1) is 17.3. The molecule has 196 valence electrons. The Kier molecular flexibility index (Phi) is 8.81. The van der Waals surface area contributed by atoms with Gasteiger partial charge in [-0.3, -0.25) is 14.3 Å². The van der Waals surface area contributed by atoms with Crippen LogP contribution in [0.5, 0.6) is 0 Å². The van der Waals surface area contributed by atoms with E-state index in [4.69, 9.17) is 0 Å². The molecule has 0 bridgehead atoms. The van der Waals surface area contributed by atoms with Gasteiger partial charge in [-0.1, -0.05) is 19.8 Å². The molecule has 3 atom stereocenters. The number of carbonyl (C=O) groups excluding carboxylic acids is 2. The summed E-state index contributed by atoms with van der Waals surface area (Å²) < 4.78 is 16.3. The second-order valence-electron chi connectivity index (χ2n) is 11.0. The van der Waals surface area contributed by atoms with Crippen LogP contribution < -0.4 is 5.32 Å². The van der Waals surface area contributed by atoms with Crippen LogP contribution in [0.1, 0.15) is 76.3 Å². The second kappa shape index (κ2) is 12.0. The number of anilines is 1. The van der Waals surface area contributed by atoms with Crippen molar-refractivity contribution in [3.05, 3.63) is 47.5 Å². The quantitative estimate of drug-likeness (QED) is 0.506. The van der Waals surface area contributed by atoms with Gasteiger partial charge in [-0.05, 0) is 93.5 Å². The van der Waals surface area contributed by atoms with Crippen molar-refractivity contribution < 1.29 is 14.0 Å². The molecule has 1 aliphatic carbocycles. The largest absolute Gasteiger partial charge is 0.340 e. The molecule has 1 saturated carbocycles. The Morgan fingerprint density at radius 1 is 1.17 bits per heavy atom. The van der Waals surface area contributed by atoms with Gasteiger partial charge in [0.25, 0.3) is 0 Å². The van der Waals surface area contributed by atoms with Crippen LogP contribution in [0.3, 0.4) is 0 Å². The summed E-state index contributed by atoms with van der Waals surface area (Å²) in [5, 5.41) is 7.02. The summed E-state index contributed by atoms with van der Waals surface area (Å²) in [4.78, 5) is 27.7. The summed E-state index contributed by atoms with van der Waals surface area (Å²) >= 11 is 0. The highest BCUT2D eigenvalue weighted by Gasteiger charge is 2.33. The number of rotatable bonds is 8. The number of hydrogen-bond acceptors (Lipinski definition) is 3. The standard InChI is InChI=1S/C29H41FN4O2/c1-20(23-10-9-21(2)34(16-11-23)29(36)24-7-4-5-8-24)17-25-18-26(30)19-27(22(25)3)32-28(35)12-15-33-14-6-13-31-33/h6,13-14,18-21,23-24H,4-5,7-12,15-17H2,1-3H3,(H,32,35). The van der Waals surface area contributed by atoms with E-state index in [0.717, 1.165) is 56.2 Å². The smallest absolute Gasteiger partial charge is 0.226 e. The molecule has 0 spiro atoms. The third-order valence-corrected chi connectivity index (χ3v) is 8.44. The lowest BCUT2D eigenvalue weighted by Gasteiger charge is -2.30. The molecule has 2 amide bonds. The van der Waals surface area contributed by atoms with Gasteiger partial charge in [-0.25, -0.2) is 4.39 Å². The Bertz CT molecular complexity index is 1030. The van der Waals surface area contributed by atoms with Crippen molar-refractivity contribution in [2.75, 3.05) is 11.9 Å². The van der Waals surface area contributed by atoms with Crippen LogP contribution in [0.4, 0.5) is 10.1 Å². The monoisotopic (exact) mass is 496 g/mol. The van der Waals surface area contributed by atoms with Crippen LogP contribution in [0.15, 0.2) is 30.6 Å². The van der Waals surface area contributed by atoms with Gasteiger partial charge in [0.2, 0.25) is 11.8 Å². The zero-order chi connectivity index (χ0) is 25.7. The summed E-state index contributed by atoms with van der Waals surface area (Å²) in [5.41, 5.74) is 2.42. The number of likely N-dealkylation sites (tertiary alicyclic amines) is 1. The van der Waals surface area contributed by atoms with E-state index in [1.807, 2.05) is 19.2 Å². The molecule has 7 heteroatoms. The first-order valence-corrected chi connectivity index (χ1v) is 13.7. The van der Waals surface area contributed by atoms with Crippen molar-refractivity contribution >= 4 is 17.5 Å². The number of nitrogens with zero attached hydrogens (tertiary/aromatic N) is 3. The average molecular weight is 497 g/mol. The normalized spacial score (nSPS) is 21.8. The fourth-order valence-corrected chi connectivity index (χ4v) is 6.04. The maximum Gasteiger partial charge on any atom is 0.226 e. The summed E-state index contributed by atoms with van der Waals surface area (Å²) in [6, 6.07) is 5.13. The van der Waals surface area contributed by atoms with E-state index in [0.29, 0.717) is 30.0 Å². The van der Waals surface area contributed by atoms with Crippen LogP contribution in [0.2, 0.25) is 0 Å². The molecule has 2 aromatic rings. The van der Waals surface area contributed by atoms with E-state index in [9.17, 15) is 14.0 Å². The van der Waals surface area contributed by atoms with Crippen LogP contribution >= 0.6 is 0 Å². The lowest BCUT2D eigenvalue weighted by Crippen LogP contribution is -2.41. The van der Waals surface area contributed by atoms with E-state index in [1.165, 1.54) is 18.9 Å². The Balaban J connectivity index is 1.36. The number of aromatic nitrogens is 2. The number of carbonyl (C=O) groups is 2. The van der Waals surface area contributed by atoms with Gasteiger partial charge in [-0.15, -0.1) is 0 Å². The lowest BCUT2D eigenvalue weighted by atomic mass is 9.82. The van der Waals surface area contributed by atoms with E-state index < -0.39 is 0 Å². The van der Waals surface area contributed by atoms with Gasteiger partial charge in [0.1, 0.15) is 5.82 Å². The Hall–Kier alpha value is -2.70. The predicted octanol–water partition coefficient (Wildman–Crippen LogP) is 5.75. The molecule has 3 unspecified atom stereocenters. The topological polar surface area (TPSA) is 67.2 Å². The molecule has 2 fully saturated rings. The van der Waals surface area contributed by atoms with Crippen molar-refractivity contribution in [2.24, 2.45) is 17.8 Å². The molecule has 2 aliphatic rings.